The number of benzene rings is 3. The van der Waals surface area contributed by atoms with E-state index in [1.54, 1.807) is 48.5 Å². The molecule has 7 heteroatoms. The highest BCUT2D eigenvalue weighted by atomic mass is 35.5. The highest BCUT2D eigenvalue weighted by Crippen LogP contribution is 2.39. The van der Waals surface area contributed by atoms with Gasteiger partial charge in [0.1, 0.15) is 5.82 Å². The number of rotatable bonds is 4. The highest BCUT2D eigenvalue weighted by Gasteiger charge is 2.22. The van der Waals surface area contributed by atoms with Crippen molar-refractivity contribution in [2.45, 2.75) is 11.4 Å². The Morgan fingerprint density at radius 2 is 1.90 bits per heavy atom. The van der Waals surface area contributed by atoms with Gasteiger partial charge in [0.05, 0.1) is 10.6 Å². The lowest BCUT2D eigenvalue weighted by Crippen LogP contribution is -2.23. The Hall–Kier alpha value is -3.09. The lowest BCUT2D eigenvalue weighted by atomic mass is 10.1. The number of carbonyl (C=O) groups excluding carboxylic acids is 2. The monoisotopic (exact) mass is 438 g/mol. The smallest absolute Gasteiger partial charge is 0.262 e. The molecule has 0 spiro atoms. The van der Waals surface area contributed by atoms with E-state index in [-0.39, 0.29) is 24.2 Å². The van der Waals surface area contributed by atoms with Gasteiger partial charge in [-0.1, -0.05) is 47.6 Å². The first-order chi connectivity index (χ1) is 14.5. The van der Waals surface area contributed by atoms with Crippen molar-refractivity contribution in [3.63, 3.8) is 0 Å². The van der Waals surface area contributed by atoms with Crippen molar-refractivity contribution in [1.29, 1.82) is 0 Å². The second-order valence-corrected chi connectivity index (χ2v) is 8.16. The fourth-order valence-corrected chi connectivity index (χ4v) is 4.07. The summed E-state index contributed by atoms with van der Waals surface area (Å²) in [5, 5.41) is 6.23. The molecule has 3 aromatic rings. The fraction of sp³-hybridized carbons (Fsp3) is 0.0435. The van der Waals surface area contributed by atoms with Crippen molar-refractivity contribution >= 4 is 46.9 Å². The van der Waals surface area contributed by atoms with Crippen LogP contribution in [0.25, 0.3) is 6.08 Å². The third-order valence-corrected chi connectivity index (χ3v) is 5.78. The molecular formula is C23H16ClFN2O2S. The number of halogens is 2. The van der Waals surface area contributed by atoms with Crippen LogP contribution in [-0.2, 0) is 11.3 Å². The third kappa shape index (κ3) is 4.72. The van der Waals surface area contributed by atoms with E-state index in [9.17, 15) is 14.0 Å². The summed E-state index contributed by atoms with van der Waals surface area (Å²) < 4.78 is 13.0. The number of thioether (sulfide) groups is 1. The van der Waals surface area contributed by atoms with E-state index in [4.69, 9.17) is 11.6 Å². The summed E-state index contributed by atoms with van der Waals surface area (Å²) in [7, 11) is 0. The van der Waals surface area contributed by atoms with Gasteiger partial charge < -0.3 is 10.6 Å². The number of amides is 2. The molecule has 30 heavy (non-hydrogen) atoms. The zero-order chi connectivity index (χ0) is 21.1. The first-order valence-electron chi connectivity index (χ1n) is 9.11. The van der Waals surface area contributed by atoms with Gasteiger partial charge in [-0.05, 0) is 59.7 Å². The molecule has 0 saturated carbocycles. The molecule has 2 amide bonds. The molecule has 0 radical (unpaired) electrons. The quantitative estimate of drug-likeness (QED) is 0.529. The molecule has 1 heterocycles. The zero-order valence-electron chi connectivity index (χ0n) is 15.6. The SMILES string of the molecule is O=C1Nc2cc(C(=O)NCc3ccc(F)cc3)ccc2SC1=Cc1cccc(Cl)c1. The number of nitrogens with one attached hydrogen (secondary N) is 2. The Morgan fingerprint density at radius 1 is 1.10 bits per heavy atom. The van der Waals surface area contributed by atoms with Crippen molar-refractivity contribution in [2.24, 2.45) is 0 Å². The largest absolute Gasteiger partial charge is 0.348 e. The summed E-state index contributed by atoms with van der Waals surface area (Å²) in [5.41, 5.74) is 2.64. The molecule has 3 aromatic carbocycles. The van der Waals surface area contributed by atoms with Crippen LogP contribution in [-0.4, -0.2) is 11.8 Å². The molecule has 0 aromatic heterocycles. The minimum atomic E-state index is -0.322. The van der Waals surface area contributed by atoms with Crippen molar-refractivity contribution in [3.05, 3.63) is 99.2 Å². The molecule has 1 aliphatic heterocycles. The van der Waals surface area contributed by atoms with Gasteiger partial charge in [0.2, 0.25) is 0 Å². The predicted molar refractivity (Wildman–Crippen MR) is 118 cm³/mol. The fourth-order valence-electron chi connectivity index (χ4n) is 2.94. The van der Waals surface area contributed by atoms with Gasteiger partial charge in [-0.3, -0.25) is 9.59 Å². The summed E-state index contributed by atoms with van der Waals surface area (Å²) >= 11 is 7.34. The lowest BCUT2D eigenvalue weighted by molar-refractivity contribution is -0.112. The number of anilines is 1. The highest BCUT2D eigenvalue weighted by molar-refractivity contribution is 8.04. The summed E-state index contributed by atoms with van der Waals surface area (Å²) in [6.45, 7) is 0.282. The summed E-state index contributed by atoms with van der Waals surface area (Å²) in [5.74, 6) is -0.838. The Labute approximate surface area is 182 Å². The van der Waals surface area contributed by atoms with Crippen LogP contribution < -0.4 is 10.6 Å². The van der Waals surface area contributed by atoms with E-state index in [0.717, 1.165) is 16.0 Å². The summed E-state index contributed by atoms with van der Waals surface area (Å²) in [4.78, 5) is 26.3. The second-order valence-electron chi connectivity index (χ2n) is 6.64. The first-order valence-corrected chi connectivity index (χ1v) is 10.3. The average Bonchev–Trinajstić information content (AvgIpc) is 2.73. The zero-order valence-corrected chi connectivity index (χ0v) is 17.2. The van der Waals surface area contributed by atoms with E-state index in [2.05, 4.69) is 10.6 Å². The van der Waals surface area contributed by atoms with E-state index in [1.165, 1.54) is 23.9 Å². The number of hydrogen-bond acceptors (Lipinski definition) is 3. The topological polar surface area (TPSA) is 58.2 Å². The van der Waals surface area contributed by atoms with Crippen LogP contribution in [0.4, 0.5) is 10.1 Å². The van der Waals surface area contributed by atoms with E-state index in [0.29, 0.717) is 21.2 Å². The molecule has 2 N–H and O–H groups in total. The molecule has 0 aliphatic carbocycles. The van der Waals surface area contributed by atoms with Gasteiger partial charge in [-0.25, -0.2) is 4.39 Å². The van der Waals surface area contributed by atoms with Crippen LogP contribution >= 0.6 is 23.4 Å². The standard InChI is InChI=1S/C23H16ClFN2O2S/c24-17-3-1-2-15(10-17)11-21-23(29)27-19-12-16(6-9-20(19)30-21)22(28)26-13-14-4-7-18(25)8-5-14/h1-12H,13H2,(H,26,28)(H,27,29). The molecule has 0 fully saturated rings. The van der Waals surface area contributed by atoms with Crippen molar-refractivity contribution in [1.82, 2.24) is 5.32 Å². The van der Waals surface area contributed by atoms with Gasteiger partial charge in [0, 0.05) is 22.0 Å². The lowest BCUT2D eigenvalue weighted by Gasteiger charge is -2.19. The maximum Gasteiger partial charge on any atom is 0.262 e. The maximum atomic E-state index is 13.0. The minimum Gasteiger partial charge on any atom is -0.348 e. The number of fused-ring (bicyclic) bond motifs is 1. The number of hydrogen-bond donors (Lipinski definition) is 2. The van der Waals surface area contributed by atoms with E-state index >= 15 is 0 Å². The van der Waals surface area contributed by atoms with Gasteiger partial charge >= 0.3 is 0 Å². The van der Waals surface area contributed by atoms with Crippen LogP contribution in [0.5, 0.6) is 0 Å². The minimum absolute atomic E-state index is 0.239. The van der Waals surface area contributed by atoms with Crippen LogP contribution in [0.2, 0.25) is 5.02 Å². The molecular weight excluding hydrogens is 423 g/mol. The van der Waals surface area contributed by atoms with Crippen molar-refractivity contribution in [3.8, 4) is 0 Å². The van der Waals surface area contributed by atoms with Crippen LogP contribution in [0.15, 0.2) is 76.5 Å². The summed E-state index contributed by atoms with van der Waals surface area (Å²) in [6, 6.07) is 18.3. The summed E-state index contributed by atoms with van der Waals surface area (Å²) in [6.07, 6.45) is 1.78. The van der Waals surface area contributed by atoms with E-state index in [1.807, 2.05) is 12.1 Å². The van der Waals surface area contributed by atoms with E-state index < -0.39 is 0 Å². The Bertz CT molecular complexity index is 1160. The van der Waals surface area contributed by atoms with Gasteiger partial charge in [-0.15, -0.1) is 0 Å². The molecule has 150 valence electrons. The van der Waals surface area contributed by atoms with Crippen molar-refractivity contribution < 1.29 is 14.0 Å². The average molecular weight is 439 g/mol. The third-order valence-electron chi connectivity index (χ3n) is 4.45. The maximum absolute atomic E-state index is 13.0. The molecule has 0 bridgehead atoms. The molecule has 0 saturated heterocycles. The normalized spacial score (nSPS) is 14.2. The Morgan fingerprint density at radius 3 is 2.67 bits per heavy atom. The van der Waals surface area contributed by atoms with Gasteiger partial charge in [0.25, 0.3) is 11.8 Å². The van der Waals surface area contributed by atoms with Crippen molar-refractivity contribution in [2.75, 3.05) is 5.32 Å². The van der Waals surface area contributed by atoms with Crippen LogP contribution in [0.3, 0.4) is 0 Å². The number of carbonyl (C=O) groups is 2. The molecule has 0 atom stereocenters. The van der Waals surface area contributed by atoms with Gasteiger partial charge in [0.15, 0.2) is 0 Å². The first kappa shape index (κ1) is 20.2. The molecule has 1 aliphatic rings. The Balaban J connectivity index is 1.48. The Kier molecular flexibility index (Phi) is 5.88. The second kappa shape index (κ2) is 8.73. The van der Waals surface area contributed by atoms with Crippen LogP contribution in [0, 0.1) is 5.82 Å². The molecule has 4 nitrogen and oxygen atoms in total. The predicted octanol–water partition coefficient (Wildman–Crippen LogP) is 5.49. The van der Waals surface area contributed by atoms with Crippen LogP contribution in [0.1, 0.15) is 21.5 Å². The van der Waals surface area contributed by atoms with Gasteiger partial charge in [-0.2, -0.15) is 0 Å². The molecule has 4 rings (SSSR count). The molecule has 0 unspecified atom stereocenters.